The number of fused-ring (bicyclic) bond motifs is 1. The first-order chi connectivity index (χ1) is 19.4. The molecule has 0 aliphatic carbocycles. The molecular formula is C30H28F2N6O3. The number of likely N-dealkylation sites (tertiary alicyclic amines) is 1. The first-order valence-corrected chi connectivity index (χ1v) is 13.1. The second kappa shape index (κ2) is 10.6. The van der Waals surface area contributed by atoms with E-state index in [2.05, 4.69) is 15.6 Å². The zero-order valence-corrected chi connectivity index (χ0v) is 23.0. The van der Waals surface area contributed by atoms with Gasteiger partial charge in [0.05, 0.1) is 17.1 Å². The van der Waals surface area contributed by atoms with Crippen LogP contribution in [0.15, 0.2) is 48.5 Å². The van der Waals surface area contributed by atoms with Crippen molar-refractivity contribution < 1.29 is 23.1 Å². The number of nitrogens with zero attached hydrogens (tertiary/aromatic N) is 5. The lowest BCUT2D eigenvalue weighted by molar-refractivity contribution is 0.0502. The normalized spacial score (nSPS) is 15.1. The molecule has 1 fully saturated rings. The number of halogens is 2. The van der Waals surface area contributed by atoms with Crippen LogP contribution in [0.4, 0.5) is 13.6 Å². The molecule has 210 valence electrons. The van der Waals surface area contributed by atoms with Gasteiger partial charge in [-0.05, 0) is 74.2 Å². The molecule has 2 amide bonds. The molecule has 1 aliphatic rings. The third-order valence-corrected chi connectivity index (χ3v) is 6.85. The van der Waals surface area contributed by atoms with Crippen LogP contribution >= 0.6 is 0 Å². The molecule has 0 bridgehead atoms. The first kappa shape index (κ1) is 27.7. The SMILES string of the molecule is Cn1nnc2cc(-c3ccc(C(=O)N4CC[C@H](NC(=O)OC(C)(C)C)C4)cc3-c3ccc(C#N)c(F)c3)c(F)cc21. The highest BCUT2D eigenvalue weighted by atomic mass is 19.1. The minimum Gasteiger partial charge on any atom is -0.444 e. The lowest BCUT2D eigenvalue weighted by atomic mass is 9.91. The number of hydrogen-bond donors (Lipinski definition) is 1. The molecular weight excluding hydrogens is 530 g/mol. The van der Waals surface area contributed by atoms with Crippen molar-refractivity contribution in [2.24, 2.45) is 7.05 Å². The molecule has 0 spiro atoms. The van der Waals surface area contributed by atoms with Gasteiger partial charge in [0.15, 0.2) is 0 Å². The first-order valence-electron chi connectivity index (χ1n) is 13.1. The molecule has 0 radical (unpaired) electrons. The number of benzene rings is 3. The van der Waals surface area contributed by atoms with Crippen molar-refractivity contribution in [1.29, 1.82) is 5.26 Å². The molecule has 4 aromatic rings. The minimum absolute atomic E-state index is 0.129. The van der Waals surface area contributed by atoms with E-state index < -0.39 is 23.3 Å². The Labute approximate surface area is 235 Å². The third-order valence-electron chi connectivity index (χ3n) is 6.85. The predicted molar refractivity (Wildman–Crippen MR) is 148 cm³/mol. The highest BCUT2D eigenvalue weighted by molar-refractivity contribution is 5.98. The molecule has 1 saturated heterocycles. The van der Waals surface area contributed by atoms with E-state index in [-0.39, 0.29) is 23.1 Å². The molecule has 1 atom stereocenters. The second-order valence-corrected chi connectivity index (χ2v) is 11.0. The Morgan fingerprint density at radius 1 is 1.05 bits per heavy atom. The maximum absolute atomic E-state index is 15.4. The number of carbonyl (C=O) groups excluding carboxylic acids is 2. The monoisotopic (exact) mass is 558 g/mol. The van der Waals surface area contributed by atoms with Crippen molar-refractivity contribution in [3.63, 3.8) is 0 Å². The highest BCUT2D eigenvalue weighted by Crippen LogP contribution is 2.37. The molecule has 5 rings (SSSR count). The molecule has 1 aromatic heterocycles. The summed E-state index contributed by atoms with van der Waals surface area (Å²) in [6, 6.07) is 13.3. The summed E-state index contributed by atoms with van der Waals surface area (Å²) in [4.78, 5) is 27.3. The van der Waals surface area contributed by atoms with Crippen LogP contribution in [0.25, 0.3) is 33.3 Å². The van der Waals surface area contributed by atoms with Crippen LogP contribution in [-0.2, 0) is 11.8 Å². The van der Waals surface area contributed by atoms with Crippen molar-refractivity contribution in [2.45, 2.75) is 38.8 Å². The summed E-state index contributed by atoms with van der Waals surface area (Å²) in [5, 5.41) is 20.0. The van der Waals surface area contributed by atoms with Crippen molar-refractivity contribution in [2.75, 3.05) is 13.1 Å². The largest absolute Gasteiger partial charge is 0.444 e. The Bertz CT molecular complexity index is 1720. The lowest BCUT2D eigenvalue weighted by Gasteiger charge is -2.22. The minimum atomic E-state index is -0.729. The van der Waals surface area contributed by atoms with Crippen molar-refractivity contribution in [3.8, 4) is 28.3 Å². The summed E-state index contributed by atoms with van der Waals surface area (Å²) in [6.07, 6.45) is 0.00785. The molecule has 3 aromatic carbocycles. The fourth-order valence-electron chi connectivity index (χ4n) is 4.90. The number of ether oxygens (including phenoxy) is 1. The van der Waals surface area contributed by atoms with Crippen LogP contribution in [0.2, 0.25) is 0 Å². The summed E-state index contributed by atoms with van der Waals surface area (Å²) in [7, 11) is 1.66. The zero-order chi connectivity index (χ0) is 29.5. The summed E-state index contributed by atoms with van der Waals surface area (Å²) < 4.78 is 36.9. The fourth-order valence-corrected chi connectivity index (χ4v) is 4.90. The Morgan fingerprint density at radius 3 is 2.54 bits per heavy atom. The number of carbonyl (C=O) groups is 2. The maximum Gasteiger partial charge on any atom is 0.407 e. The van der Waals surface area contributed by atoms with Crippen LogP contribution < -0.4 is 5.32 Å². The van der Waals surface area contributed by atoms with E-state index in [0.29, 0.717) is 52.8 Å². The van der Waals surface area contributed by atoms with Gasteiger partial charge >= 0.3 is 6.09 Å². The van der Waals surface area contributed by atoms with Gasteiger partial charge in [0.2, 0.25) is 0 Å². The van der Waals surface area contributed by atoms with Gasteiger partial charge in [-0.25, -0.2) is 18.3 Å². The summed E-state index contributed by atoms with van der Waals surface area (Å²) in [5.74, 6) is -1.55. The Balaban J connectivity index is 1.50. The van der Waals surface area contributed by atoms with Gasteiger partial charge in [-0.15, -0.1) is 5.10 Å². The van der Waals surface area contributed by atoms with Gasteiger partial charge < -0.3 is 15.0 Å². The van der Waals surface area contributed by atoms with Gasteiger partial charge in [0.25, 0.3) is 5.91 Å². The highest BCUT2D eigenvalue weighted by Gasteiger charge is 2.30. The summed E-state index contributed by atoms with van der Waals surface area (Å²) in [6.45, 7) is 6.03. The zero-order valence-electron chi connectivity index (χ0n) is 23.0. The van der Waals surface area contributed by atoms with Crippen LogP contribution in [0.5, 0.6) is 0 Å². The van der Waals surface area contributed by atoms with Gasteiger partial charge in [-0.1, -0.05) is 17.3 Å². The van der Waals surface area contributed by atoms with Crippen molar-refractivity contribution >= 4 is 23.0 Å². The molecule has 0 saturated carbocycles. The van der Waals surface area contributed by atoms with Crippen molar-refractivity contribution in [3.05, 3.63) is 71.3 Å². The lowest BCUT2D eigenvalue weighted by Crippen LogP contribution is -2.41. The Hall–Kier alpha value is -4.85. The van der Waals surface area contributed by atoms with Gasteiger partial charge in [-0.3, -0.25) is 4.79 Å². The van der Waals surface area contributed by atoms with Gasteiger partial charge in [0.1, 0.15) is 28.8 Å². The fraction of sp³-hybridized carbons (Fsp3) is 0.300. The van der Waals surface area contributed by atoms with E-state index in [0.717, 1.165) is 0 Å². The van der Waals surface area contributed by atoms with E-state index >= 15 is 4.39 Å². The number of aryl methyl sites for hydroxylation is 1. The quantitative estimate of drug-likeness (QED) is 0.369. The molecule has 0 unspecified atom stereocenters. The summed E-state index contributed by atoms with van der Waals surface area (Å²) in [5.41, 5.74) is 1.93. The Morgan fingerprint density at radius 2 is 1.83 bits per heavy atom. The van der Waals surface area contributed by atoms with Crippen LogP contribution in [-0.4, -0.2) is 56.6 Å². The van der Waals surface area contributed by atoms with Crippen molar-refractivity contribution in [1.82, 2.24) is 25.2 Å². The number of nitriles is 1. The number of hydrogen-bond acceptors (Lipinski definition) is 6. The molecule has 41 heavy (non-hydrogen) atoms. The van der Waals surface area contributed by atoms with E-state index in [1.54, 1.807) is 69.1 Å². The molecule has 1 N–H and O–H groups in total. The van der Waals surface area contributed by atoms with Gasteiger partial charge in [0, 0.05) is 37.3 Å². The Kier molecular flexibility index (Phi) is 7.17. The average molecular weight is 559 g/mol. The number of alkyl carbamates (subject to hydrolysis) is 1. The molecule has 2 heterocycles. The standard InChI is InChI=1S/C30H28F2N6O3/c1-30(2,3)41-29(40)34-20-9-10-38(16-20)28(39)18-7-8-21(22(11-18)17-5-6-19(15-33)24(31)12-17)23-13-26-27(14-25(23)32)37(4)36-35-26/h5-8,11-14,20H,9-10,16H2,1-4H3,(H,34,40)/t20-/m0/s1. The maximum atomic E-state index is 15.4. The van der Waals surface area contributed by atoms with Crippen LogP contribution in [0.1, 0.15) is 43.1 Å². The molecule has 11 heteroatoms. The number of aromatic nitrogens is 3. The molecule has 1 aliphatic heterocycles. The number of rotatable bonds is 4. The topological polar surface area (TPSA) is 113 Å². The second-order valence-electron chi connectivity index (χ2n) is 11.0. The van der Waals surface area contributed by atoms with Gasteiger partial charge in [-0.2, -0.15) is 5.26 Å². The third kappa shape index (κ3) is 5.72. The smallest absolute Gasteiger partial charge is 0.407 e. The van der Waals surface area contributed by atoms with E-state index in [1.165, 1.54) is 22.9 Å². The van der Waals surface area contributed by atoms with Crippen LogP contribution in [0.3, 0.4) is 0 Å². The van der Waals surface area contributed by atoms with Crippen LogP contribution in [0, 0.1) is 23.0 Å². The predicted octanol–water partition coefficient (Wildman–Crippen LogP) is 5.19. The molecule has 9 nitrogen and oxygen atoms in total. The number of nitrogens with one attached hydrogen (secondary N) is 1. The van der Waals surface area contributed by atoms with E-state index in [4.69, 9.17) is 4.74 Å². The van der Waals surface area contributed by atoms with E-state index in [1.807, 2.05) is 0 Å². The van der Waals surface area contributed by atoms with E-state index in [9.17, 15) is 19.2 Å². The number of amides is 2. The summed E-state index contributed by atoms with van der Waals surface area (Å²) >= 11 is 0. The average Bonchev–Trinajstić information content (AvgIpc) is 3.52.